The first kappa shape index (κ1) is 18.9. The molecule has 2 aliphatic carbocycles. The van der Waals surface area contributed by atoms with Gasteiger partial charge in [0.25, 0.3) is 0 Å². The number of carbonyl (C=O) groups excluding carboxylic acids is 3. The highest BCUT2D eigenvalue weighted by Crippen LogP contribution is 2.50. The lowest BCUT2D eigenvalue weighted by molar-refractivity contribution is -0.175. The topological polar surface area (TPSA) is 69.7 Å². The normalized spacial score (nSPS) is 23.0. The van der Waals surface area contributed by atoms with Gasteiger partial charge in [-0.1, -0.05) is 25.2 Å². The Bertz CT molecular complexity index is 567. The molecule has 2 rings (SSSR count). The van der Waals surface area contributed by atoms with E-state index in [1.54, 1.807) is 13.8 Å². The molecule has 0 aromatic rings. The van der Waals surface area contributed by atoms with Crippen molar-refractivity contribution < 1.29 is 23.9 Å². The van der Waals surface area contributed by atoms with Crippen LogP contribution in [0.2, 0.25) is 19.6 Å². The van der Waals surface area contributed by atoms with Gasteiger partial charge in [-0.2, -0.15) is 0 Å². The van der Waals surface area contributed by atoms with E-state index in [0.717, 1.165) is 5.20 Å². The van der Waals surface area contributed by atoms with E-state index in [1.807, 2.05) is 0 Å². The van der Waals surface area contributed by atoms with Gasteiger partial charge in [0.05, 0.1) is 21.3 Å². The summed E-state index contributed by atoms with van der Waals surface area (Å²) in [5.41, 5.74) is -0.0709. The maximum absolute atomic E-state index is 12.6. The SMILES string of the molecule is CCOC(=O)C1(C(=O)OCC)CCC2=C([Si](C)(C)C)C(=O)CC2C1. The molecule has 0 spiro atoms. The number of ketones is 1. The predicted molar refractivity (Wildman–Crippen MR) is 93.0 cm³/mol. The molecule has 0 saturated heterocycles. The predicted octanol–water partition coefficient (Wildman–Crippen LogP) is 3.05. The van der Waals surface area contributed by atoms with Gasteiger partial charge in [0, 0.05) is 6.42 Å². The minimum Gasteiger partial charge on any atom is -0.465 e. The third-order valence-corrected chi connectivity index (χ3v) is 7.12. The minimum atomic E-state index is -1.73. The first-order valence-electron chi connectivity index (χ1n) is 8.78. The average molecular weight is 353 g/mol. The number of fused-ring (bicyclic) bond motifs is 1. The molecule has 2 aliphatic rings. The van der Waals surface area contributed by atoms with Crippen LogP contribution in [0.3, 0.4) is 0 Å². The van der Waals surface area contributed by atoms with Crippen LogP contribution in [0.5, 0.6) is 0 Å². The standard InChI is InChI=1S/C18H28O5Si/c1-6-22-16(20)18(17(21)23-7-2)9-8-13-12(11-18)10-14(19)15(13)24(3,4)5/h12H,6-11H2,1-5H3. The van der Waals surface area contributed by atoms with Gasteiger partial charge in [-0.15, -0.1) is 0 Å². The first-order valence-corrected chi connectivity index (χ1v) is 12.3. The quantitative estimate of drug-likeness (QED) is 0.432. The number of hydrogen-bond donors (Lipinski definition) is 0. The molecule has 24 heavy (non-hydrogen) atoms. The minimum absolute atomic E-state index is 0.0261. The smallest absolute Gasteiger partial charge is 0.323 e. The van der Waals surface area contributed by atoms with Crippen molar-refractivity contribution in [1.82, 2.24) is 0 Å². The molecule has 6 heteroatoms. The van der Waals surface area contributed by atoms with Gasteiger partial charge >= 0.3 is 11.9 Å². The van der Waals surface area contributed by atoms with Crippen molar-refractivity contribution >= 4 is 25.8 Å². The molecular weight excluding hydrogens is 324 g/mol. The number of Topliss-reactive ketones (excluding diaryl/α,β-unsaturated/α-hetero) is 1. The van der Waals surface area contributed by atoms with Crippen molar-refractivity contribution in [3.63, 3.8) is 0 Å². The number of hydrogen-bond acceptors (Lipinski definition) is 5. The van der Waals surface area contributed by atoms with Crippen LogP contribution in [0.4, 0.5) is 0 Å². The Kier molecular flexibility index (Phi) is 5.37. The van der Waals surface area contributed by atoms with Crippen molar-refractivity contribution in [1.29, 1.82) is 0 Å². The second-order valence-electron chi connectivity index (χ2n) is 7.70. The summed E-state index contributed by atoms with van der Waals surface area (Å²) in [5, 5.41) is 1.02. The number of rotatable bonds is 5. The van der Waals surface area contributed by atoms with Crippen molar-refractivity contribution in [2.75, 3.05) is 13.2 Å². The summed E-state index contributed by atoms with van der Waals surface area (Å²) < 4.78 is 10.4. The summed E-state index contributed by atoms with van der Waals surface area (Å²) in [6, 6.07) is 0. The van der Waals surface area contributed by atoms with E-state index in [-0.39, 0.29) is 24.9 Å². The fourth-order valence-corrected chi connectivity index (χ4v) is 6.35. The number of carbonyl (C=O) groups is 3. The van der Waals surface area contributed by atoms with E-state index in [1.165, 1.54) is 5.57 Å². The Morgan fingerprint density at radius 1 is 1.12 bits per heavy atom. The van der Waals surface area contributed by atoms with Gasteiger partial charge in [0.15, 0.2) is 11.2 Å². The third kappa shape index (κ3) is 3.21. The molecule has 0 aromatic heterocycles. The lowest BCUT2D eigenvalue weighted by Gasteiger charge is -2.37. The van der Waals surface area contributed by atoms with E-state index in [4.69, 9.17) is 9.47 Å². The summed E-state index contributed by atoms with van der Waals surface area (Å²) >= 11 is 0. The Morgan fingerprint density at radius 3 is 2.12 bits per heavy atom. The Hall–Kier alpha value is -1.43. The Balaban J connectivity index is 2.38. The molecular formula is C18H28O5Si. The number of ether oxygens (including phenoxy) is 2. The molecule has 0 radical (unpaired) electrons. The van der Waals surface area contributed by atoms with Gasteiger partial charge in [0.1, 0.15) is 0 Å². The van der Waals surface area contributed by atoms with Gasteiger partial charge in [-0.3, -0.25) is 14.4 Å². The van der Waals surface area contributed by atoms with Gasteiger partial charge in [-0.05, 0) is 44.2 Å². The van der Waals surface area contributed by atoms with Crippen molar-refractivity contribution in [2.45, 2.75) is 59.2 Å². The largest absolute Gasteiger partial charge is 0.465 e. The molecule has 0 aliphatic heterocycles. The highest BCUT2D eigenvalue weighted by atomic mass is 28.3. The maximum atomic E-state index is 12.6. The van der Waals surface area contributed by atoms with Crippen LogP contribution in [0, 0.1) is 11.3 Å². The van der Waals surface area contributed by atoms with Crippen molar-refractivity contribution in [2.24, 2.45) is 11.3 Å². The van der Waals surface area contributed by atoms with E-state index < -0.39 is 25.4 Å². The molecule has 1 unspecified atom stereocenters. The van der Waals surface area contributed by atoms with Crippen LogP contribution < -0.4 is 0 Å². The van der Waals surface area contributed by atoms with Crippen molar-refractivity contribution in [3.05, 3.63) is 10.8 Å². The average Bonchev–Trinajstić information content (AvgIpc) is 2.81. The number of esters is 2. The monoisotopic (exact) mass is 352 g/mol. The molecule has 0 aromatic carbocycles. The molecule has 0 heterocycles. The molecule has 1 atom stereocenters. The van der Waals surface area contributed by atoms with E-state index in [0.29, 0.717) is 25.7 Å². The van der Waals surface area contributed by atoms with Crippen molar-refractivity contribution in [3.8, 4) is 0 Å². The molecule has 1 fully saturated rings. The first-order chi connectivity index (χ1) is 11.2. The van der Waals surface area contributed by atoms with Gasteiger partial charge < -0.3 is 9.47 Å². The molecule has 1 saturated carbocycles. The second kappa shape index (κ2) is 6.82. The summed E-state index contributed by atoms with van der Waals surface area (Å²) in [6.45, 7) is 10.4. The summed E-state index contributed by atoms with van der Waals surface area (Å²) in [5.74, 6) is -0.827. The zero-order chi connectivity index (χ0) is 18.1. The molecule has 134 valence electrons. The zero-order valence-corrected chi connectivity index (χ0v) is 16.4. The van der Waals surface area contributed by atoms with Crippen LogP contribution in [0.15, 0.2) is 10.8 Å². The fourth-order valence-electron chi connectivity index (χ4n) is 4.12. The van der Waals surface area contributed by atoms with Crippen LogP contribution in [0.25, 0.3) is 0 Å². The fraction of sp³-hybridized carbons (Fsp3) is 0.722. The maximum Gasteiger partial charge on any atom is 0.323 e. The third-order valence-electron chi connectivity index (χ3n) is 5.02. The van der Waals surface area contributed by atoms with E-state index >= 15 is 0 Å². The molecule has 0 amide bonds. The van der Waals surface area contributed by atoms with Crippen LogP contribution in [-0.2, 0) is 23.9 Å². The lowest BCUT2D eigenvalue weighted by atomic mass is 9.68. The van der Waals surface area contributed by atoms with Crippen LogP contribution >= 0.6 is 0 Å². The Morgan fingerprint density at radius 2 is 1.67 bits per heavy atom. The lowest BCUT2D eigenvalue weighted by Crippen LogP contribution is -2.46. The van der Waals surface area contributed by atoms with Gasteiger partial charge in [0.2, 0.25) is 0 Å². The highest BCUT2D eigenvalue weighted by Gasteiger charge is 2.55. The molecule has 0 bridgehead atoms. The second-order valence-corrected chi connectivity index (χ2v) is 12.7. The summed E-state index contributed by atoms with van der Waals surface area (Å²) in [6.07, 6.45) is 1.72. The summed E-state index contributed by atoms with van der Waals surface area (Å²) in [7, 11) is -1.73. The van der Waals surface area contributed by atoms with E-state index in [9.17, 15) is 14.4 Å². The molecule has 5 nitrogen and oxygen atoms in total. The van der Waals surface area contributed by atoms with Gasteiger partial charge in [-0.25, -0.2) is 0 Å². The number of allylic oxidation sites excluding steroid dienone is 2. The van der Waals surface area contributed by atoms with Crippen LogP contribution in [0.1, 0.15) is 39.5 Å². The Labute approximate surface area is 144 Å². The molecule has 0 N–H and O–H groups in total. The van der Waals surface area contributed by atoms with E-state index in [2.05, 4.69) is 19.6 Å². The van der Waals surface area contributed by atoms with Crippen LogP contribution in [-0.4, -0.2) is 39.0 Å². The highest BCUT2D eigenvalue weighted by molar-refractivity contribution is 6.87. The zero-order valence-electron chi connectivity index (χ0n) is 15.4. The summed E-state index contributed by atoms with van der Waals surface area (Å²) in [4.78, 5) is 37.7.